The molecule has 29 heavy (non-hydrogen) atoms. The number of thiophene rings is 1. The number of hydrogen-bond donors (Lipinski definition) is 1. The summed E-state index contributed by atoms with van der Waals surface area (Å²) in [5.74, 6) is -0.970. The van der Waals surface area contributed by atoms with Crippen LogP contribution in [0.5, 0.6) is 0 Å². The smallest absolute Gasteiger partial charge is 0.341 e. The number of aryl methyl sites for hydroxylation is 1. The number of sulfonamides is 1. The van der Waals surface area contributed by atoms with Crippen LogP contribution in [0.15, 0.2) is 28.3 Å². The Hall–Kier alpha value is -2.46. The number of amides is 1. The van der Waals surface area contributed by atoms with Crippen LogP contribution in [0.2, 0.25) is 0 Å². The Bertz CT molecular complexity index is 1070. The lowest BCUT2D eigenvalue weighted by molar-refractivity contribution is -0.112. The average Bonchev–Trinajstić information content (AvgIpc) is 2.86. The van der Waals surface area contributed by atoms with Crippen LogP contribution in [0.3, 0.4) is 0 Å². The van der Waals surface area contributed by atoms with Gasteiger partial charge in [-0.05, 0) is 43.4 Å². The molecule has 0 fully saturated rings. The molecule has 0 saturated heterocycles. The highest BCUT2D eigenvalue weighted by atomic mass is 32.2. The van der Waals surface area contributed by atoms with E-state index < -0.39 is 21.9 Å². The Morgan fingerprint density at radius 3 is 2.83 bits per heavy atom. The molecule has 3 aliphatic rings. The minimum atomic E-state index is -3.60. The van der Waals surface area contributed by atoms with Gasteiger partial charge in [-0.3, -0.25) is 4.79 Å². The summed E-state index contributed by atoms with van der Waals surface area (Å²) in [5.41, 5.74) is 1.51. The van der Waals surface area contributed by atoms with Crippen LogP contribution in [0.1, 0.15) is 40.1 Å². The third-order valence-electron chi connectivity index (χ3n) is 5.14. The van der Waals surface area contributed by atoms with E-state index in [4.69, 9.17) is 4.74 Å². The normalized spacial score (nSPS) is 20.0. The number of fused-ring (bicyclic) bond motifs is 2. The molecule has 0 radical (unpaired) electrons. The average molecular weight is 436 g/mol. The Labute approximate surface area is 173 Å². The number of rotatable bonds is 3. The molecule has 4 rings (SSSR count). The fraction of sp³-hybridized carbons (Fsp3) is 0.421. The van der Waals surface area contributed by atoms with Gasteiger partial charge in [-0.2, -0.15) is 0 Å². The van der Waals surface area contributed by atoms with Gasteiger partial charge in [0.05, 0.1) is 24.0 Å². The van der Waals surface area contributed by atoms with Gasteiger partial charge in [0.1, 0.15) is 5.00 Å². The van der Waals surface area contributed by atoms with Gasteiger partial charge in [0.15, 0.2) is 5.84 Å². The van der Waals surface area contributed by atoms with Crippen LogP contribution in [0.25, 0.3) is 0 Å². The number of hydrogen-bond acceptors (Lipinski definition) is 7. The first-order valence-corrected chi connectivity index (χ1v) is 11.8. The third kappa shape index (κ3) is 3.86. The lowest BCUT2D eigenvalue weighted by Gasteiger charge is -2.28. The van der Waals surface area contributed by atoms with Gasteiger partial charge >= 0.3 is 5.97 Å². The van der Waals surface area contributed by atoms with E-state index in [0.29, 0.717) is 10.6 Å². The van der Waals surface area contributed by atoms with Crippen LogP contribution in [0, 0.1) is 0 Å². The van der Waals surface area contributed by atoms with E-state index in [1.807, 2.05) is 0 Å². The van der Waals surface area contributed by atoms with Crippen molar-refractivity contribution in [2.24, 2.45) is 4.40 Å². The monoisotopic (exact) mass is 435 g/mol. The standard InChI is InChI=1S/C19H21N3O5S2/c1-27-19(24)15-12-6-3-2-4-8-14(12)28-18(15)20-17(23)13-7-5-9-22-10-11-29(25,26)21-16(13)22/h5,7,9H,2-4,6,8,10-11H2,1H3,(H,20,23). The number of methoxy groups -OCH3 is 1. The molecule has 1 aliphatic carbocycles. The SMILES string of the molecule is COC(=O)c1c(NC(=O)C2=CC=CN3CCS(=O)(=O)N=C23)sc2c1CCCCC2. The summed E-state index contributed by atoms with van der Waals surface area (Å²) in [6, 6.07) is 0. The molecule has 0 bridgehead atoms. The number of allylic oxidation sites excluding steroid dienone is 2. The summed E-state index contributed by atoms with van der Waals surface area (Å²) < 4.78 is 32.6. The second-order valence-electron chi connectivity index (χ2n) is 7.03. The van der Waals surface area contributed by atoms with Crippen molar-refractivity contribution in [3.05, 3.63) is 39.9 Å². The molecule has 154 valence electrons. The summed E-state index contributed by atoms with van der Waals surface area (Å²) in [6.45, 7) is 0.239. The van der Waals surface area contributed by atoms with Crippen molar-refractivity contribution in [3.63, 3.8) is 0 Å². The lowest BCUT2D eigenvalue weighted by Crippen LogP contribution is -2.40. The second-order valence-corrected chi connectivity index (χ2v) is 9.89. The van der Waals surface area contributed by atoms with Crippen LogP contribution in [0.4, 0.5) is 5.00 Å². The van der Waals surface area contributed by atoms with Gasteiger partial charge in [-0.25, -0.2) is 13.2 Å². The molecular weight excluding hydrogens is 414 g/mol. The molecule has 0 unspecified atom stereocenters. The number of amidine groups is 1. The Morgan fingerprint density at radius 1 is 1.24 bits per heavy atom. The van der Waals surface area contributed by atoms with E-state index in [-0.39, 0.29) is 23.7 Å². The maximum absolute atomic E-state index is 13.0. The predicted octanol–water partition coefficient (Wildman–Crippen LogP) is 2.24. The Morgan fingerprint density at radius 2 is 2.03 bits per heavy atom. The second kappa shape index (κ2) is 7.75. The summed E-state index contributed by atoms with van der Waals surface area (Å²) >= 11 is 1.39. The van der Waals surface area contributed by atoms with Gasteiger partial charge in [0.25, 0.3) is 15.9 Å². The number of esters is 1. The number of nitrogens with one attached hydrogen (secondary N) is 1. The molecule has 3 heterocycles. The van der Waals surface area contributed by atoms with Crippen molar-refractivity contribution in [1.29, 1.82) is 0 Å². The Balaban J connectivity index is 1.68. The minimum Gasteiger partial charge on any atom is -0.465 e. The van der Waals surface area contributed by atoms with Crippen molar-refractivity contribution in [2.45, 2.75) is 32.1 Å². The lowest BCUT2D eigenvalue weighted by atomic mass is 10.1. The van der Waals surface area contributed by atoms with Gasteiger partial charge in [0.2, 0.25) is 0 Å². The fourth-order valence-corrected chi connectivity index (χ4v) is 5.97. The van der Waals surface area contributed by atoms with Crippen LogP contribution < -0.4 is 5.32 Å². The molecule has 10 heteroatoms. The van der Waals surface area contributed by atoms with E-state index in [0.717, 1.165) is 42.5 Å². The van der Waals surface area contributed by atoms with Crippen molar-refractivity contribution < 1.29 is 22.7 Å². The first-order chi connectivity index (χ1) is 13.9. The molecule has 1 aromatic rings. The van der Waals surface area contributed by atoms with Crippen molar-refractivity contribution in [1.82, 2.24) is 4.90 Å². The van der Waals surface area contributed by atoms with Gasteiger partial charge in [-0.1, -0.05) is 6.42 Å². The third-order valence-corrected chi connectivity index (χ3v) is 7.50. The first kappa shape index (κ1) is 19.8. The van der Waals surface area contributed by atoms with Crippen LogP contribution >= 0.6 is 11.3 Å². The molecule has 0 spiro atoms. The topological polar surface area (TPSA) is 105 Å². The Kier molecular flexibility index (Phi) is 5.30. The number of carbonyl (C=O) groups is 2. The summed E-state index contributed by atoms with van der Waals surface area (Å²) in [4.78, 5) is 28.2. The van der Waals surface area contributed by atoms with E-state index in [1.54, 1.807) is 17.2 Å². The predicted molar refractivity (Wildman–Crippen MR) is 111 cm³/mol. The van der Waals surface area contributed by atoms with Gasteiger partial charge in [0, 0.05) is 17.6 Å². The number of carbonyl (C=O) groups excluding carboxylic acids is 2. The fourth-order valence-electron chi connectivity index (χ4n) is 3.71. The summed E-state index contributed by atoms with van der Waals surface area (Å²) in [6.07, 6.45) is 9.67. The van der Waals surface area contributed by atoms with E-state index >= 15 is 0 Å². The number of anilines is 1. The zero-order chi connectivity index (χ0) is 20.6. The molecule has 0 atom stereocenters. The summed E-state index contributed by atoms with van der Waals surface area (Å²) in [7, 11) is -2.28. The van der Waals surface area contributed by atoms with Crippen molar-refractivity contribution in [2.75, 3.05) is 24.7 Å². The minimum absolute atomic E-state index is 0.0973. The first-order valence-electron chi connectivity index (χ1n) is 9.42. The van der Waals surface area contributed by atoms with Crippen molar-refractivity contribution >= 4 is 44.1 Å². The highest BCUT2D eigenvalue weighted by Gasteiger charge is 2.32. The molecule has 1 aromatic heterocycles. The highest BCUT2D eigenvalue weighted by Crippen LogP contribution is 2.38. The number of nitrogens with zero attached hydrogens (tertiary/aromatic N) is 2. The number of ether oxygens (including phenoxy) is 1. The molecule has 0 aromatic carbocycles. The highest BCUT2D eigenvalue weighted by molar-refractivity contribution is 7.90. The molecule has 0 saturated carbocycles. The van der Waals surface area contributed by atoms with E-state index in [9.17, 15) is 18.0 Å². The van der Waals surface area contributed by atoms with Gasteiger partial charge in [-0.15, -0.1) is 15.7 Å². The zero-order valence-corrected chi connectivity index (χ0v) is 17.6. The van der Waals surface area contributed by atoms with Gasteiger partial charge < -0.3 is 15.0 Å². The van der Waals surface area contributed by atoms with Crippen molar-refractivity contribution in [3.8, 4) is 0 Å². The molecule has 2 aliphatic heterocycles. The van der Waals surface area contributed by atoms with Crippen LogP contribution in [-0.2, 0) is 32.4 Å². The van der Waals surface area contributed by atoms with E-state index in [1.165, 1.54) is 24.5 Å². The molecule has 8 nitrogen and oxygen atoms in total. The molecular formula is C19H21N3O5S2. The van der Waals surface area contributed by atoms with Crippen LogP contribution in [-0.4, -0.2) is 50.4 Å². The maximum Gasteiger partial charge on any atom is 0.341 e. The molecule has 1 N–H and O–H groups in total. The largest absolute Gasteiger partial charge is 0.465 e. The maximum atomic E-state index is 13.0. The summed E-state index contributed by atoms with van der Waals surface area (Å²) in [5, 5.41) is 3.25. The molecule has 1 amide bonds. The van der Waals surface area contributed by atoms with E-state index in [2.05, 4.69) is 9.71 Å². The quantitative estimate of drug-likeness (QED) is 0.577. The zero-order valence-electron chi connectivity index (χ0n) is 15.9.